The van der Waals surface area contributed by atoms with Crippen molar-refractivity contribution in [2.45, 2.75) is 4.21 Å². The van der Waals surface area contributed by atoms with Crippen LogP contribution in [0.4, 0.5) is 8.78 Å². The van der Waals surface area contributed by atoms with Crippen molar-refractivity contribution < 1.29 is 17.2 Å². The van der Waals surface area contributed by atoms with Gasteiger partial charge in [0.25, 0.3) is 0 Å². The Labute approximate surface area is 190 Å². The van der Waals surface area contributed by atoms with Crippen LogP contribution in [0.1, 0.15) is 0 Å². The molecule has 6 nitrogen and oxygen atoms in total. The van der Waals surface area contributed by atoms with Gasteiger partial charge in [0.15, 0.2) is 15.5 Å². The van der Waals surface area contributed by atoms with Crippen LogP contribution in [0.25, 0.3) is 38.6 Å². The number of fused-ring (bicyclic) bond motifs is 1. The molecule has 0 aliphatic heterocycles. The van der Waals surface area contributed by atoms with Gasteiger partial charge in [-0.25, -0.2) is 22.2 Å². The number of thiophene rings is 1. The summed E-state index contributed by atoms with van der Waals surface area (Å²) in [5.41, 5.74) is 2.85. The molecule has 0 amide bonds. The van der Waals surface area contributed by atoms with Crippen LogP contribution < -0.4 is 0 Å². The number of hydrogen-bond donors (Lipinski definition) is 1. The van der Waals surface area contributed by atoms with Gasteiger partial charge in [-0.15, -0.1) is 11.3 Å². The van der Waals surface area contributed by atoms with Gasteiger partial charge in [0.1, 0.15) is 15.8 Å². The van der Waals surface area contributed by atoms with Crippen molar-refractivity contribution in [3.05, 3.63) is 71.6 Å². The molecule has 0 aliphatic rings. The fourth-order valence-electron chi connectivity index (χ4n) is 3.43. The minimum atomic E-state index is -3.33. The van der Waals surface area contributed by atoms with E-state index in [9.17, 15) is 17.2 Å². The molecule has 5 rings (SSSR count). The molecule has 32 heavy (non-hydrogen) atoms. The first kappa shape index (κ1) is 20.8. The van der Waals surface area contributed by atoms with Crippen LogP contribution >= 0.6 is 22.9 Å². The van der Waals surface area contributed by atoms with Crippen molar-refractivity contribution in [2.75, 3.05) is 6.26 Å². The lowest BCUT2D eigenvalue weighted by molar-refractivity contribution is 0.585. The molecule has 1 aromatic carbocycles. The highest BCUT2D eigenvalue weighted by Crippen LogP contribution is 2.37. The Morgan fingerprint density at radius 3 is 2.62 bits per heavy atom. The number of halogens is 3. The van der Waals surface area contributed by atoms with Crippen LogP contribution in [-0.2, 0) is 9.84 Å². The Morgan fingerprint density at radius 1 is 1.09 bits per heavy atom. The van der Waals surface area contributed by atoms with E-state index in [0.29, 0.717) is 38.1 Å². The number of nitrogens with zero attached hydrogens (tertiary/aromatic N) is 3. The molecule has 4 aromatic heterocycles. The van der Waals surface area contributed by atoms with Crippen molar-refractivity contribution in [3.8, 4) is 33.0 Å². The minimum absolute atomic E-state index is 0.164. The molecule has 0 radical (unpaired) electrons. The van der Waals surface area contributed by atoms with Crippen LogP contribution in [-0.4, -0.2) is 34.3 Å². The van der Waals surface area contributed by atoms with E-state index >= 15 is 0 Å². The Kier molecular flexibility index (Phi) is 4.88. The van der Waals surface area contributed by atoms with E-state index in [4.69, 9.17) is 11.6 Å². The summed E-state index contributed by atoms with van der Waals surface area (Å²) in [5.74, 6) is -1.40. The zero-order valence-corrected chi connectivity index (χ0v) is 18.7. The van der Waals surface area contributed by atoms with Crippen LogP contribution in [0.15, 0.2) is 59.2 Å². The number of imidazole rings is 1. The molecule has 5 aromatic rings. The van der Waals surface area contributed by atoms with Gasteiger partial charge in [-0.05, 0) is 30.3 Å². The molecule has 1 N–H and O–H groups in total. The smallest absolute Gasteiger partial charge is 0.184 e. The average molecular weight is 491 g/mol. The lowest BCUT2D eigenvalue weighted by Crippen LogP contribution is -1.93. The molecule has 0 atom stereocenters. The molecule has 11 heteroatoms. The Morgan fingerprint density at radius 2 is 1.91 bits per heavy atom. The Hall–Kier alpha value is -3.08. The molecule has 0 unspecified atom stereocenters. The molecule has 162 valence electrons. The number of benzene rings is 1. The summed E-state index contributed by atoms with van der Waals surface area (Å²) >= 11 is 7.61. The predicted molar refractivity (Wildman–Crippen MR) is 120 cm³/mol. The maximum absolute atomic E-state index is 14.4. The lowest BCUT2D eigenvalue weighted by Gasteiger charge is -2.08. The number of nitrogens with one attached hydrogen (secondary N) is 1. The normalized spacial score (nSPS) is 12.0. The van der Waals surface area contributed by atoms with E-state index < -0.39 is 21.5 Å². The van der Waals surface area contributed by atoms with Crippen LogP contribution in [0.5, 0.6) is 0 Å². The third kappa shape index (κ3) is 3.50. The second-order valence-corrected chi connectivity index (χ2v) is 10.8. The molecular weight excluding hydrogens is 478 g/mol. The number of H-pyrrole nitrogens is 1. The number of sulfone groups is 1. The summed E-state index contributed by atoms with van der Waals surface area (Å²) in [7, 11) is -3.33. The van der Waals surface area contributed by atoms with E-state index in [2.05, 4.69) is 15.2 Å². The topological polar surface area (TPSA) is 80.1 Å². The van der Waals surface area contributed by atoms with Gasteiger partial charge in [0.2, 0.25) is 0 Å². The Bertz CT molecular complexity index is 1610. The second kappa shape index (κ2) is 7.51. The first-order valence-electron chi connectivity index (χ1n) is 9.18. The molecule has 0 saturated carbocycles. The van der Waals surface area contributed by atoms with Crippen LogP contribution in [0.3, 0.4) is 0 Å². The maximum atomic E-state index is 14.4. The van der Waals surface area contributed by atoms with Crippen molar-refractivity contribution >= 4 is 38.4 Å². The van der Waals surface area contributed by atoms with Gasteiger partial charge in [-0.1, -0.05) is 11.6 Å². The second-order valence-electron chi connectivity index (χ2n) is 7.09. The minimum Gasteiger partial charge on any atom is -0.297 e. The summed E-state index contributed by atoms with van der Waals surface area (Å²) < 4.78 is 53.5. The summed E-state index contributed by atoms with van der Waals surface area (Å²) in [4.78, 5) is 5.05. The number of pyridine rings is 1. The van der Waals surface area contributed by atoms with E-state index in [1.165, 1.54) is 18.3 Å². The van der Waals surface area contributed by atoms with Gasteiger partial charge >= 0.3 is 0 Å². The highest BCUT2D eigenvalue weighted by molar-refractivity contribution is 7.92. The zero-order chi connectivity index (χ0) is 22.6. The monoisotopic (exact) mass is 490 g/mol. The summed E-state index contributed by atoms with van der Waals surface area (Å²) in [6.45, 7) is 0. The van der Waals surface area contributed by atoms with Crippen molar-refractivity contribution in [2.24, 2.45) is 0 Å². The first-order chi connectivity index (χ1) is 15.2. The van der Waals surface area contributed by atoms with Crippen molar-refractivity contribution in [1.29, 1.82) is 0 Å². The van der Waals surface area contributed by atoms with E-state index in [-0.39, 0.29) is 9.77 Å². The van der Waals surface area contributed by atoms with Gasteiger partial charge in [0.05, 0.1) is 33.7 Å². The van der Waals surface area contributed by atoms with E-state index in [0.717, 1.165) is 23.7 Å². The highest BCUT2D eigenvalue weighted by Gasteiger charge is 2.19. The average Bonchev–Trinajstić information content (AvgIpc) is 3.46. The molecule has 4 heterocycles. The largest absolute Gasteiger partial charge is 0.297 e. The van der Waals surface area contributed by atoms with Crippen molar-refractivity contribution in [3.63, 3.8) is 0 Å². The molecule has 0 bridgehead atoms. The fourth-order valence-corrected chi connectivity index (χ4v) is 5.63. The number of aromatic amines is 1. The summed E-state index contributed by atoms with van der Waals surface area (Å²) in [5, 5.41) is 7.14. The quantitative estimate of drug-likeness (QED) is 0.363. The van der Waals surface area contributed by atoms with Gasteiger partial charge in [-0.3, -0.25) is 9.50 Å². The zero-order valence-electron chi connectivity index (χ0n) is 16.3. The predicted octanol–water partition coefficient (Wildman–Crippen LogP) is 5.46. The number of aromatic nitrogens is 4. The first-order valence-corrected chi connectivity index (χ1v) is 12.3. The van der Waals surface area contributed by atoms with Gasteiger partial charge in [-0.2, -0.15) is 5.10 Å². The standard InChI is InChI=1S/C21H13ClF2N4O2S2/c1-32(29,30)19-5-4-18(31-19)17-9-25-21-15(22)6-11(10-28(17)21)14-8-26-27-20(14)13-3-2-12(23)7-16(13)24/h2-10H,1H3,(H,26,27). The van der Waals surface area contributed by atoms with E-state index in [1.54, 1.807) is 35.0 Å². The highest BCUT2D eigenvalue weighted by atomic mass is 35.5. The molecule has 0 saturated heterocycles. The van der Waals surface area contributed by atoms with Crippen LogP contribution in [0.2, 0.25) is 5.02 Å². The molecular formula is C21H13ClF2N4O2S2. The summed E-state index contributed by atoms with van der Waals surface area (Å²) in [6, 6.07) is 8.25. The lowest BCUT2D eigenvalue weighted by atomic mass is 10.0. The number of rotatable bonds is 4. The van der Waals surface area contributed by atoms with Crippen LogP contribution in [0, 0.1) is 11.6 Å². The third-order valence-corrected chi connectivity index (χ3v) is 8.12. The van der Waals surface area contributed by atoms with Crippen molar-refractivity contribution in [1.82, 2.24) is 19.6 Å². The van der Waals surface area contributed by atoms with Gasteiger partial charge < -0.3 is 0 Å². The number of hydrogen-bond acceptors (Lipinski definition) is 5. The molecule has 0 fully saturated rings. The molecule has 0 aliphatic carbocycles. The fraction of sp³-hybridized carbons (Fsp3) is 0.0476. The van der Waals surface area contributed by atoms with E-state index in [1.807, 2.05) is 0 Å². The SMILES string of the molecule is CS(=O)(=O)c1ccc(-c2cnc3c(Cl)cc(-c4cn[nH]c4-c4ccc(F)cc4F)cn23)s1. The maximum Gasteiger partial charge on any atom is 0.184 e. The molecule has 0 spiro atoms. The van der Waals surface area contributed by atoms with Gasteiger partial charge in [0, 0.05) is 35.2 Å². The summed E-state index contributed by atoms with van der Waals surface area (Å²) in [6.07, 6.45) is 6.05. The Balaban J connectivity index is 1.67. The third-order valence-electron chi connectivity index (χ3n) is 4.91.